The molecule has 0 heterocycles. The first-order valence-electron chi connectivity index (χ1n) is 8.78. The number of rotatable bonds is 15. The standard InChI is InChI=1S/C16H36N6O2/c17-9-1-5-15(13(21)23,6-2-10-18)16(14(22)24,7-3-11-19)8-4-12-20/h1-12,17-20H2,(H2,21,23)(H2,22,24). The fourth-order valence-corrected chi connectivity index (χ4v) is 3.79. The van der Waals surface area contributed by atoms with E-state index in [0.717, 1.165) is 0 Å². The van der Waals surface area contributed by atoms with Gasteiger partial charge in [0.2, 0.25) is 11.8 Å². The summed E-state index contributed by atoms with van der Waals surface area (Å²) in [7, 11) is 0. The second-order valence-electron chi connectivity index (χ2n) is 6.46. The number of amides is 2. The summed E-state index contributed by atoms with van der Waals surface area (Å²) in [6.45, 7) is 1.61. The third kappa shape index (κ3) is 5.14. The topological polar surface area (TPSA) is 190 Å². The first-order chi connectivity index (χ1) is 11.4. The first kappa shape index (κ1) is 22.8. The highest BCUT2D eigenvalue weighted by atomic mass is 16.2. The van der Waals surface area contributed by atoms with Gasteiger partial charge in [0.05, 0.1) is 10.8 Å². The van der Waals surface area contributed by atoms with Crippen LogP contribution in [0.2, 0.25) is 0 Å². The number of hydrogen-bond acceptors (Lipinski definition) is 6. The quantitative estimate of drug-likeness (QED) is 0.218. The van der Waals surface area contributed by atoms with E-state index in [0.29, 0.717) is 77.5 Å². The van der Waals surface area contributed by atoms with Gasteiger partial charge in [0.25, 0.3) is 0 Å². The molecule has 0 aromatic heterocycles. The summed E-state index contributed by atoms with van der Waals surface area (Å²) in [6.07, 6.45) is 3.96. The van der Waals surface area contributed by atoms with Gasteiger partial charge in [-0.15, -0.1) is 0 Å². The van der Waals surface area contributed by atoms with Crippen molar-refractivity contribution in [3.05, 3.63) is 0 Å². The van der Waals surface area contributed by atoms with E-state index in [4.69, 9.17) is 34.4 Å². The SMILES string of the molecule is NCCCC(CCCN)(C(N)=O)C(CCCN)(CCCN)C(N)=O. The van der Waals surface area contributed by atoms with Crippen LogP contribution in [0.25, 0.3) is 0 Å². The Kier molecular flexibility index (Phi) is 10.8. The van der Waals surface area contributed by atoms with Crippen molar-refractivity contribution in [3.63, 3.8) is 0 Å². The van der Waals surface area contributed by atoms with Gasteiger partial charge in [-0.25, -0.2) is 0 Å². The van der Waals surface area contributed by atoms with Crippen molar-refractivity contribution in [2.75, 3.05) is 26.2 Å². The molecule has 2 amide bonds. The van der Waals surface area contributed by atoms with Crippen molar-refractivity contribution in [2.45, 2.75) is 51.4 Å². The molecule has 8 nitrogen and oxygen atoms in total. The second kappa shape index (κ2) is 11.4. The zero-order valence-corrected chi connectivity index (χ0v) is 14.8. The predicted octanol–water partition coefficient (Wildman–Crippen LogP) is -1.11. The molecule has 0 aliphatic rings. The van der Waals surface area contributed by atoms with Gasteiger partial charge in [-0.2, -0.15) is 0 Å². The Labute approximate surface area is 145 Å². The number of carbonyl (C=O) groups excluding carboxylic acids is 2. The fourth-order valence-electron chi connectivity index (χ4n) is 3.79. The Morgan fingerprint density at radius 1 is 0.542 bits per heavy atom. The molecule has 0 spiro atoms. The van der Waals surface area contributed by atoms with Crippen LogP contribution in [0.1, 0.15) is 51.4 Å². The molecule has 0 atom stereocenters. The summed E-state index contributed by atoms with van der Waals surface area (Å²) in [6, 6.07) is 0. The Morgan fingerprint density at radius 2 is 0.750 bits per heavy atom. The van der Waals surface area contributed by atoms with E-state index in [1.807, 2.05) is 0 Å². The minimum Gasteiger partial charge on any atom is -0.369 e. The van der Waals surface area contributed by atoms with Crippen LogP contribution in [0.3, 0.4) is 0 Å². The Hall–Kier alpha value is -1.22. The van der Waals surface area contributed by atoms with Crippen molar-refractivity contribution in [1.82, 2.24) is 0 Å². The molecule has 0 saturated carbocycles. The molecule has 0 rings (SSSR count). The largest absolute Gasteiger partial charge is 0.369 e. The van der Waals surface area contributed by atoms with E-state index < -0.39 is 22.6 Å². The molecular weight excluding hydrogens is 308 g/mol. The maximum absolute atomic E-state index is 12.6. The molecule has 0 aliphatic carbocycles. The fraction of sp³-hybridized carbons (Fsp3) is 0.875. The lowest BCUT2D eigenvalue weighted by atomic mass is 9.54. The van der Waals surface area contributed by atoms with Gasteiger partial charge < -0.3 is 34.4 Å². The van der Waals surface area contributed by atoms with Crippen LogP contribution in [0.15, 0.2) is 0 Å². The number of hydrogen-bond donors (Lipinski definition) is 6. The van der Waals surface area contributed by atoms with Crippen LogP contribution < -0.4 is 34.4 Å². The summed E-state index contributed by atoms with van der Waals surface area (Å²) in [5.74, 6) is -1.03. The zero-order valence-electron chi connectivity index (χ0n) is 14.8. The molecule has 0 bridgehead atoms. The number of carbonyl (C=O) groups is 2. The number of primary amides is 2. The first-order valence-corrected chi connectivity index (χ1v) is 8.78. The average molecular weight is 345 g/mol. The Morgan fingerprint density at radius 3 is 0.875 bits per heavy atom. The van der Waals surface area contributed by atoms with E-state index in [9.17, 15) is 9.59 Å². The monoisotopic (exact) mass is 344 g/mol. The molecular formula is C16H36N6O2. The van der Waals surface area contributed by atoms with Crippen LogP contribution in [0.4, 0.5) is 0 Å². The second-order valence-corrected chi connectivity index (χ2v) is 6.46. The summed E-state index contributed by atoms with van der Waals surface area (Å²) >= 11 is 0. The van der Waals surface area contributed by atoms with Crippen LogP contribution in [-0.4, -0.2) is 38.0 Å². The van der Waals surface area contributed by atoms with Crippen molar-refractivity contribution in [3.8, 4) is 0 Å². The van der Waals surface area contributed by atoms with E-state index in [1.54, 1.807) is 0 Å². The molecule has 0 saturated heterocycles. The van der Waals surface area contributed by atoms with Gasteiger partial charge in [-0.05, 0) is 77.5 Å². The summed E-state index contributed by atoms with van der Waals surface area (Å²) < 4.78 is 0. The molecule has 24 heavy (non-hydrogen) atoms. The maximum Gasteiger partial charge on any atom is 0.224 e. The minimum absolute atomic E-state index is 0.403. The Bertz CT molecular complexity index is 337. The van der Waals surface area contributed by atoms with Gasteiger partial charge in [-0.3, -0.25) is 9.59 Å². The van der Waals surface area contributed by atoms with Crippen LogP contribution in [-0.2, 0) is 9.59 Å². The molecule has 0 aromatic rings. The highest BCUT2D eigenvalue weighted by molar-refractivity contribution is 5.92. The maximum atomic E-state index is 12.6. The minimum atomic E-state index is -1.07. The van der Waals surface area contributed by atoms with Crippen LogP contribution >= 0.6 is 0 Å². The van der Waals surface area contributed by atoms with Crippen molar-refractivity contribution >= 4 is 11.8 Å². The lowest BCUT2D eigenvalue weighted by Crippen LogP contribution is -2.58. The Balaban J connectivity index is 6.13. The van der Waals surface area contributed by atoms with Crippen LogP contribution in [0.5, 0.6) is 0 Å². The lowest BCUT2D eigenvalue weighted by molar-refractivity contribution is -0.153. The summed E-state index contributed by atoms with van der Waals surface area (Å²) in [5, 5.41) is 0. The van der Waals surface area contributed by atoms with Gasteiger partial charge in [0.15, 0.2) is 0 Å². The zero-order chi connectivity index (χ0) is 18.6. The average Bonchev–Trinajstić information content (AvgIpc) is 2.55. The molecule has 8 heteroatoms. The predicted molar refractivity (Wildman–Crippen MR) is 96.4 cm³/mol. The number of nitrogens with two attached hydrogens (primary N) is 6. The van der Waals surface area contributed by atoms with Gasteiger partial charge in [0, 0.05) is 0 Å². The van der Waals surface area contributed by atoms with Gasteiger partial charge in [0.1, 0.15) is 0 Å². The molecule has 0 aliphatic heterocycles. The highest BCUT2D eigenvalue weighted by Crippen LogP contribution is 2.52. The molecule has 12 N–H and O–H groups in total. The van der Waals surface area contributed by atoms with Gasteiger partial charge in [-0.1, -0.05) is 0 Å². The molecule has 0 radical (unpaired) electrons. The normalized spacial score (nSPS) is 12.3. The van der Waals surface area contributed by atoms with Crippen molar-refractivity contribution in [1.29, 1.82) is 0 Å². The van der Waals surface area contributed by atoms with Crippen molar-refractivity contribution < 1.29 is 9.59 Å². The molecule has 142 valence electrons. The molecule has 0 fully saturated rings. The van der Waals surface area contributed by atoms with E-state index in [2.05, 4.69) is 0 Å². The smallest absolute Gasteiger partial charge is 0.224 e. The van der Waals surface area contributed by atoms with Gasteiger partial charge >= 0.3 is 0 Å². The molecule has 0 unspecified atom stereocenters. The third-order valence-corrected chi connectivity index (χ3v) is 5.09. The van der Waals surface area contributed by atoms with E-state index in [-0.39, 0.29) is 0 Å². The van der Waals surface area contributed by atoms with E-state index >= 15 is 0 Å². The van der Waals surface area contributed by atoms with Crippen LogP contribution in [0, 0.1) is 10.8 Å². The molecule has 0 aromatic carbocycles. The highest BCUT2D eigenvalue weighted by Gasteiger charge is 2.57. The summed E-state index contributed by atoms with van der Waals surface area (Å²) in [4.78, 5) is 25.2. The van der Waals surface area contributed by atoms with E-state index in [1.165, 1.54) is 0 Å². The third-order valence-electron chi connectivity index (χ3n) is 5.09. The lowest BCUT2D eigenvalue weighted by Gasteiger charge is -2.47. The van der Waals surface area contributed by atoms with Crippen molar-refractivity contribution in [2.24, 2.45) is 45.2 Å². The summed E-state index contributed by atoms with van der Waals surface area (Å²) in [5.41, 5.74) is 32.1.